The van der Waals surface area contributed by atoms with Gasteiger partial charge in [-0.25, -0.2) is 9.78 Å². The monoisotopic (exact) mass is 368 g/mol. The third-order valence-electron chi connectivity index (χ3n) is 4.57. The highest BCUT2D eigenvalue weighted by Crippen LogP contribution is 2.19. The molecule has 2 amide bonds. The second-order valence-electron chi connectivity index (χ2n) is 6.46. The van der Waals surface area contributed by atoms with Crippen molar-refractivity contribution >= 4 is 17.8 Å². The fourth-order valence-electron chi connectivity index (χ4n) is 3.09. The first-order valence-corrected chi connectivity index (χ1v) is 9.12. The highest BCUT2D eigenvalue weighted by Gasteiger charge is 2.24. The van der Waals surface area contributed by atoms with E-state index in [1.807, 2.05) is 24.3 Å². The Balaban J connectivity index is 1.55. The maximum absolute atomic E-state index is 12.5. The minimum absolute atomic E-state index is 0.0541. The first-order valence-electron chi connectivity index (χ1n) is 9.12. The molecule has 7 nitrogen and oxygen atoms in total. The van der Waals surface area contributed by atoms with E-state index < -0.39 is 0 Å². The number of nitrogens with two attached hydrogens (primary N) is 1. The van der Waals surface area contributed by atoms with Crippen LogP contribution in [0.5, 0.6) is 0 Å². The van der Waals surface area contributed by atoms with Gasteiger partial charge in [0.2, 0.25) is 0 Å². The van der Waals surface area contributed by atoms with Crippen LogP contribution in [0.25, 0.3) is 11.3 Å². The van der Waals surface area contributed by atoms with Crippen LogP contribution in [0.15, 0.2) is 42.5 Å². The SMILES string of the molecule is CCOC(=O)N1CCC(NC(=O)c2ccc(-c3cccc(N)n3)cc2)CC1. The highest BCUT2D eigenvalue weighted by molar-refractivity contribution is 5.94. The van der Waals surface area contributed by atoms with Crippen LogP contribution < -0.4 is 11.1 Å². The van der Waals surface area contributed by atoms with Crippen LogP contribution in [0.3, 0.4) is 0 Å². The lowest BCUT2D eigenvalue weighted by Crippen LogP contribution is -2.46. The van der Waals surface area contributed by atoms with Gasteiger partial charge in [0, 0.05) is 30.3 Å². The van der Waals surface area contributed by atoms with Gasteiger partial charge in [-0.05, 0) is 44.0 Å². The van der Waals surface area contributed by atoms with E-state index in [2.05, 4.69) is 10.3 Å². The number of nitrogens with zero attached hydrogens (tertiary/aromatic N) is 2. The van der Waals surface area contributed by atoms with Crippen molar-refractivity contribution in [3.05, 3.63) is 48.0 Å². The lowest BCUT2D eigenvalue weighted by atomic mass is 10.0. The fraction of sp³-hybridized carbons (Fsp3) is 0.350. The lowest BCUT2D eigenvalue weighted by Gasteiger charge is -2.31. The summed E-state index contributed by atoms with van der Waals surface area (Å²) >= 11 is 0. The van der Waals surface area contributed by atoms with E-state index in [9.17, 15) is 9.59 Å². The summed E-state index contributed by atoms with van der Waals surface area (Å²) in [6.07, 6.45) is 1.15. The first kappa shape index (κ1) is 18.7. The number of anilines is 1. The molecule has 3 rings (SSSR count). The minimum atomic E-state index is -0.284. The highest BCUT2D eigenvalue weighted by atomic mass is 16.6. The molecule has 2 aromatic rings. The zero-order valence-electron chi connectivity index (χ0n) is 15.4. The number of nitrogen functional groups attached to an aromatic ring is 1. The van der Waals surface area contributed by atoms with Crippen molar-refractivity contribution in [3.8, 4) is 11.3 Å². The molecule has 0 radical (unpaired) electrons. The Kier molecular flexibility index (Phi) is 5.90. The van der Waals surface area contributed by atoms with E-state index in [1.54, 1.807) is 30.0 Å². The van der Waals surface area contributed by atoms with Crippen LogP contribution in [0.2, 0.25) is 0 Å². The average molecular weight is 368 g/mol. The van der Waals surface area contributed by atoms with Crippen LogP contribution >= 0.6 is 0 Å². The van der Waals surface area contributed by atoms with Crippen molar-refractivity contribution in [1.29, 1.82) is 0 Å². The molecule has 0 saturated carbocycles. The number of carbonyl (C=O) groups excluding carboxylic acids is 2. The molecule has 0 unspecified atom stereocenters. The molecule has 3 N–H and O–H groups in total. The Labute approximate surface area is 158 Å². The largest absolute Gasteiger partial charge is 0.450 e. The van der Waals surface area contributed by atoms with E-state index in [4.69, 9.17) is 10.5 Å². The Morgan fingerprint density at radius 2 is 1.89 bits per heavy atom. The van der Waals surface area contributed by atoms with E-state index in [-0.39, 0.29) is 18.0 Å². The zero-order chi connectivity index (χ0) is 19.2. The molecule has 1 fully saturated rings. The van der Waals surface area contributed by atoms with Gasteiger partial charge in [-0.2, -0.15) is 0 Å². The third-order valence-corrected chi connectivity index (χ3v) is 4.57. The van der Waals surface area contributed by atoms with E-state index in [0.717, 1.165) is 24.1 Å². The van der Waals surface area contributed by atoms with Gasteiger partial charge < -0.3 is 20.7 Å². The number of hydrogen-bond donors (Lipinski definition) is 2. The van der Waals surface area contributed by atoms with Crippen LogP contribution in [0.1, 0.15) is 30.1 Å². The number of piperidine rings is 1. The number of benzene rings is 1. The summed E-state index contributed by atoms with van der Waals surface area (Å²) < 4.78 is 5.01. The van der Waals surface area contributed by atoms with Crippen molar-refractivity contribution in [2.45, 2.75) is 25.8 Å². The molecule has 0 spiro atoms. The normalized spacial score (nSPS) is 14.6. The van der Waals surface area contributed by atoms with Crippen LogP contribution in [-0.4, -0.2) is 47.6 Å². The second kappa shape index (κ2) is 8.53. The number of aromatic nitrogens is 1. The average Bonchev–Trinajstić information content (AvgIpc) is 2.69. The van der Waals surface area contributed by atoms with Crippen molar-refractivity contribution in [2.75, 3.05) is 25.4 Å². The second-order valence-corrected chi connectivity index (χ2v) is 6.46. The number of hydrogen-bond acceptors (Lipinski definition) is 5. The van der Waals surface area contributed by atoms with Crippen molar-refractivity contribution in [2.24, 2.45) is 0 Å². The van der Waals surface area contributed by atoms with Gasteiger partial charge in [0.05, 0.1) is 12.3 Å². The lowest BCUT2D eigenvalue weighted by molar-refractivity contribution is 0.0860. The molecule has 0 bridgehead atoms. The molecule has 2 heterocycles. The fourth-order valence-corrected chi connectivity index (χ4v) is 3.09. The molecule has 1 aromatic heterocycles. The predicted octanol–water partition coefficient (Wildman–Crippen LogP) is 2.68. The Bertz CT molecular complexity index is 799. The van der Waals surface area contributed by atoms with Gasteiger partial charge >= 0.3 is 6.09 Å². The van der Waals surface area contributed by atoms with Gasteiger partial charge in [-0.3, -0.25) is 4.79 Å². The summed E-state index contributed by atoms with van der Waals surface area (Å²) in [7, 11) is 0. The standard InChI is InChI=1S/C20H24N4O3/c1-2-27-20(26)24-12-10-16(11-13-24)22-19(25)15-8-6-14(7-9-15)17-4-3-5-18(21)23-17/h3-9,16H,2,10-13H2,1H3,(H2,21,23)(H,22,25). The molecule has 1 aliphatic heterocycles. The van der Waals surface area contributed by atoms with Crippen LogP contribution in [-0.2, 0) is 4.74 Å². The van der Waals surface area contributed by atoms with Gasteiger partial charge in [-0.15, -0.1) is 0 Å². The summed E-state index contributed by atoms with van der Waals surface area (Å²) in [5.74, 6) is 0.347. The first-order chi connectivity index (χ1) is 13.1. The molecule has 7 heteroatoms. The molecule has 0 atom stereocenters. The molecular formula is C20H24N4O3. The maximum atomic E-state index is 12.5. The Morgan fingerprint density at radius 1 is 1.19 bits per heavy atom. The van der Waals surface area contributed by atoms with Crippen LogP contribution in [0.4, 0.5) is 10.6 Å². The smallest absolute Gasteiger partial charge is 0.409 e. The van der Waals surface area contributed by atoms with Gasteiger partial charge in [0.1, 0.15) is 5.82 Å². The number of nitrogens with one attached hydrogen (secondary N) is 1. The molecule has 27 heavy (non-hydrogen) atoms. The number of amides is 2. The molecule has 1 aliphatic rings. The van der Waals surface area contributed by atoms with E-state index in [1.165, 1.54) is 0 Å². The number of carbonyl (C=O) groups is 2. The van der Waals surface area contributed by atoms with E-state index >= 15 is 0 Å². The number of pyridine rings is 1. The molecule has 1 saturated heterocycles. The topological polar surface area (TPSA) is 97.5 Å². The molecule has 1 aromatic carbocycles. The zero-order valence-corrected chi connectivity index (χ0v) is 15.4. The Morgan fingerprint density at radius 3 is 2.52 bits per heavy atom. The molecular weight excluding hydrogens is 344 g/mol. The van der Waals surface area contributed by atoms with Crippen molar-refractivity contribution in [1.82, 2.24) is 15.2 Å². The quantitative estimate of drug-likeness (QED) is 0.865. The van der Waals surface area contributed by atoms with Crippen LogP contribution in [0, 0.1) is 0 Å². The molecule has 142 valence electrons. The maximum Gasteiger partial charge on any atom is 0.409 e. The summed E-state index contributed by atoms with van der Waals surface area (Å²) in [5.41, 5.74) is 7.98. The number of likely N-dealkylation sites (tertiary alicyclic amines) is 1. The molecule has 0 aliphatic carbocycles. The number of ether oxygens (including phenoxy) is 1. The van der Waals surface area contributed by atoms with Gasteiger partial charge in [0.25, 0.3) is 5.91 Å². The predicted molar refractivity (Wildman–Crippen MR) is 103 cm³/mol. The number of rotatable bonds is 4. The summed E-state index contributed by atoms with van der Waals surface area (Å²) in [6, 6.07) is 12.8. The summed E-state index contributed by atoms with van der Waals surface area (Å²) in [6.45, 7) is 3.34. The summed E-state index contributed by atoms with van der Waals surface area (Å²) in [4.78, 5) is 30.2. The summed E-state index contributed by atoms with van der Waals surface area (Å²) in [5, 5.41) is 3.04. The van der Waals surface area contributed by atoms with Gasteiger partial charge in [0.15, 0.2) is 0 Å². The van der Waals surface area contributed by atoms with Crippen molar-refractivity contribution < 1.29 is 14.3 Å². The van der Waals surface area contributed by atoms with Gasteiger partial charge in [-0.1, -0.05) is 18.2 Å². The Hall–Kier alpha value is -3.09. The van der Waals surface area contributed by atoms with Crippen molar-refractivity contribution in [3.63, 3.8) is 0 Å². The van der Waals surface area contributed by atoms with E-state index in [0.29, 0.717) is 31.1 Å². The third kappa shape index (κ3) is 4.75. The minimum Gasteiger partial charge on any atom is -0.450 e.